The third-order valence-electron chi connectivity index (χ3n) is 1.94. The molecule has 0 spiro atoms. The molecule has 5 heteroatoms. The maximum Gasteiger partial charge on any atom is 0.163 e. The molecule has 0 amide bonds. The Hall–Kier alpha value is -1.16. The predicted molar refractivity (Wildman–Crippen MR) is 64.1 cm³/mol. The first kappa shape index (κ1) is 10.4. The van der Waals surface area contributed by atoms with E-state index in [1.54, 1.807) is 12.3 Å². The van der Waals surface area contributed by atoms with Gasteiger partial charge >= 0.3 is 0 Å². The van der Waals surface area contributed by atoms with E-state index in [-0.39, 0.29) is 5.82 Å². The molecule has 0 aliphatic rings. The molecular weight excluding hydrogens is 279 g/mol. The Labute approximate surface area is 99.0 Å². The monoisotopic (exact) mass is 282 g/mol. The molecule has 1 aromatic heterocycles. The molecule has 0 saturated carbocycles. The molecule has 0 saturated heterocycles. The molecule has 2 aromatic rings. The van der Waals surface area contributed by atoms with Crippen molar-refractivity contribution in [3.63, 3.8) is 0 Å². The maximum atomic E-state index is 13.4. The molecular formula is C10H4BrFN2S. The zero-order valence-electron chi connectivity index (χ0n) is 7.37. The van der Waals surface area contributed by atoms with Crippen LogP contribution in [-0.2, 0) is 0 Å². The van der Waals surface area contributed by atoms with Gasteiger partial charge in [-0.15, -0.1) is 0 Å². The number of isothiocyanates is 1. The first-order valence-electron chi connectivity index (χ1n) is 4.04. The number of benzene rings is 1. The fraction of sp³-hybridized carbons (Fsp3) is 0. The highest BCUT2D eigenvalue weighted by atomic mass is 79.9. The van der Waals surface area contributed by atoms with Crippen LogP contribution in [0.1, 0.15) is 0 Å². The van der Waals surface area contributed by atoms with Gasteiger partial charge in [-0.2, -0.15) is 4.99 Å². The lowest BCUT2D eigenvalue weighted by atomic mass is 10.1. The highest BCUT2D eigenvalue weighted by molar-refractivity contribution is 9.10. The molecule has 0 aliphatic heterocycles. The Kier molecular flexibility index (Phi) is 2.86. The first-order valence-corrected chi connectivity index (χ1v) is 5.24. The summed E-state index contributed by atoms with van der Waals surface area (Å²) in [6.07, 6.45) is 1.55. The van der Waals surface area contributed by atoms with Gasteiger partial charge in [-0.3, -0.25) is 0 Å². The van der Waals surface area contributed by atoms with Crippen molar-refractivity contribution < 1.29 is 4.39 Å². The van der Waals surface area contributed by atoms with E-state index in [1.165, 1.54) is 12.1 Å². The number of fused-ring (bicyclic) bond motifs is 1. The second kappa shape index (κ2) is 4.14. The SMILES string of the molecule is Fc1ccc(Br)c2cnc(N=C=S)cc12. The van der Waals surface area contributed by atoms with E-state index in [1.807, 2.05) is 0 Å². The normalized spacial score (nSPS) is 10.0. The van der Waals surface area contributed by atoms with Crippen molar-refractivity contribution in [1.29, 1.82) is 0 Å². The average Bonchev–Trinajstić information content (AvgIpc) is 2.24. The lowest BCUT2D eigenvalue weighted by molar-refractivity contribution is 0.639. The molecule has 2 rings (SSSR count). The highest BCUT2D eigenvalue weighted by Gasteiger charge is 2.05. The molecule has 1 heterocycles. The van der Waals surface area contributed by atoms with E-state index in [0.29, 0.717) is 16.6 Å². The molecule has 0 radical (unpaired) electrons. The van der Waals surface area contributed by atoms with Gasteiger partial charge in [0.25, 0.3) is 0 Å². The van der Waals surface area contributed by atoms with Crippen LogP contribution < -0.4 is 0 Å². The third-order valence-corrected chi connectivity index (χ3v) is 2.72. The van der Waals surface area contributed by atoms with E-state index in [0.717, 1.165) is 4.47 Å². The molecule has 2 nitrogen and oxygen atoms in total. The Balaban J connectivity index is 2.81. The zero-order chi connectivity index (χ0) is 10.8. The van der Waals surface area contributed by atoms with Gasteiger partial charge in [-0.25, -0.2) is 9.37 Å². The van der Waals surface area contributed by atoms with Crippen LogP contribution in [0.2, 0.25) is 0 Å². The number of hydrogen-bond donors (Lipinski definition) is 0. The first-order chi connectivity index (χ1) is 7.22. The van der Waals surface area contributed by atoms with Crippen molar-refractivity contribution in [2.75, 3.05) is 0 Å². The summed E-state index contributed by atoms with van der Waals surface area (Å²) in [7, 11) is 0. The van der Waals surface area contributed by atoms with Gasteiger partial charge in [0, 0.05) is 21.4 Å². The van der Waals surface area contributed by atoms with Crippen molar-refractivity contribution in [2.24, 2.45) is 4.99 Å². The second-order valence-electron chi connectivity index (χ2n) is 2.82. The minimum atomic E-state index is -0.309. The van der Waals surface area contributed by atoms with Crippen molar-refractivity contribution >= 4 is 49.9 Å². The van der Waals surface area contributed by atoms with Crippen LogP contribution in [-0.4, -0.2) is 10.1 Å². The Morgan fingerprint density at radius 3 is 2.93 bits per heavy atom. The van der Waals surface area contributed by atoms with E-state index in [4.69, 9.17) is 0 Å². The summed E-state index contributed by atoms with van der Waals surface area (Å²) < 4.78 is 14.2. The molecule has 0 unspecified atom stereocenters. The Morgan fingerprint density at radius 1 is 1.40 bits per heavy atom. The number of pyridine rings is 1. The summed E-state index contributed by atoms with van der Waals surface area (Å²) in [5.74, 6) is 0.0471. The molecule has 0 N–H and O–H groups in total. The summed E-state index contributed by atoms with van der Waals surface area (Å²) >= 11 is 7.78. The van der Waals surface area contributed by atoms with Crippen molar-refractivity contribution in [1.82, 2.24) is 4.98 Å². The number of rotatable bonds is 1. The summed E-state index contributed by atoms with van der Waals surface area (Å²) in [4.78, 5) is 7.71. The summed E-state index contributed by atoms with van der Waals surface area (Å²) in [5.41, 5.74) is 0. The second-order valence-corrected chi connectivity index (χ2v) is 3.86. The molecule has 0 fully saturated rings. The van der Waals surface area contributed by atoms with Gasteiger partial charge in [0.15, 0.2) is 5.82 Å². The molecule has 0 atom stereocenters. The average molecular weight is 283 g/mol. The summed E-state index contributed by atoms with van der Waals surface area (Å²) in [6, 6.07) is 4.56. The molecule has 0 aliphatic carbocycles. The van der Waals surface area contributed by atoms with Gasteiger partial charge < -0.3 is 0 Å². The standard InChI is InChI=1S/C10H4BrFN2S/c11-8-1-2-9(12)6-3-10(14-5-15)13-4-7(6)8/h1-4H. The Bertz CT molecular complexity index is 579. The van der Waals surface area contributed by atoms with Gasteiger partial charge in [-0.05, 0) is 30.4 Å². The minimum Gasteiger partial charge on any atom is -0.236 e. The van der Waals surface area contributed by atoms with Gasteiger partial charge in [0.05, 0.1) is 5.16 Å². The van der Waals surface area contributed by atoms with Crippen LogP contribution in [0, 0.1) is 5.82 Å². The van der Waals surface area contributed by atoms with Crippen LogP contribution in [0.5, 0.6) is 0 Å². The number of aliphatic imine (C=N–C) groups is 1. The zero-order valence-corrected chi connectivity index (χ0v) is 9.77. The van der Waals surface area contributed by atoms with Crippen LogP contribution in [0.4, 0.5) is 10.2 Å². The number of nitrogens with zero attached hydrogens (tertiary/aromatic N) is 2. The van der Waals surface area contributed by atoms with Crippen molar-refractivity contribution in [3.8, 4) is 0 Å². The van der Waals surface area contributed by atoms with E-state index < -0.39 is 0 Å². The third kappa shape index (κ3) is 1.95. The topological polar surface area (TPSA) is 25.2 Å². The van der Waals surface area contributed by atoms with Crippen LogP contribution in [0.25, 0.3) is 10.8 Å². The maximum absolute atomic E-state index is 13.4. The molecule has 15 heavy (non-hydrogen) atoms. The van der Waals surface area contributed by atoms with E-state index in [9.17, 15) is 4.39 Å². The summed E-state index contributed by atoms with van der Waals surface area (Å²) in [6.45, 7) is 0. The number of hydrogen-bond acceptors (Lipinski definition) is 3. The summed E-state index contributed by atoms with van der Waals surface area (Å²) in [5, 5.41) is 3.36. The Morgan fingerprint density at radius 2 is 2.20 bits per heavy atom. The highest BCUT2D eigenvalue weighted by Crippen LogP contribution is 2.27. The smallest absolute Gasteiger partial charge is 0.163 e. The van der Waals surface area contributed by atoms with Gasteiger partial charge in [-0.1, -0.05) is 15.9 Å². The number of halogens is 2. The van der Waals surface area contributed by atoms with Crippen LogP contribution in [0.3, 0.4) is 0 Å². The lowest BCUT2D eigenvalue weighted by Crippen LogP contribution is -1.83. The fourth-order valence-corrected chi connectivity index (χ4v) is 1.81. The lowest BCUT2D eigenvalue weighted by Gasteiger charge is -2.01. The number of thiocarbonyl (C=S) groups is 1. The van der Waals surface area contributed by atoms with Crippen LogP contribution in [0.15, 0.2) is 33.9 Å². The minimum absolute atomic E-state index is 0.309. The largest absolute Gasteiger partial charge is 0.236 e. The van der Waals surface area contributed by atoms with E-state index >= 15 is 0 Å². The molecule has 0 bridgehead atoms. The number of aromatic nitrogens is 1. The van der Waals surface area contributed by atoms with E-state index in [2.05, 4.69) is 43.3 Å². The molecule has 74 valence electrons. The van der Waals surface area contributed by atoms with Crippen molar-refractivity contribution in [3.05, 3.63) is 34.7 Å². The van der Waals surface area contributed by atoms with Crippen molar-refractivity contribution in [2.45, 2.75) is 0 Å². The quantitative estimate of drug-likeness (QED) is 0.586. The van der Waals surface area contributed by atoms with Gasteiger partial charge in [0.2, 0.25) is 0 Å². The molecule has 1 aromatic carbocycles. The van der Waals surface area contributed by atoms with Gasteiger partial charge in [0.1, 0.15) is 5.82 Å². The van der Waals surface area contributed by atoms with Crippen LogP contribution >= 0.6 is 28.1 Å². The fourth-order valence-electron chi connectivity index (χ4n) is 1.27. The predicted octanol–water partition coefficient (Wildman–Crippen LogP) is 3.87.